The van der Waals surface area contributed by atoms with Gasteiger partial charge in [-0.15, -0.1) is 11.3 Å². The summed E-state index contributed by atoms with van der Waals surface area (Å²) in [5.41, 5.74) is 0.555. The lowest BCUT2D eigenvalue weighted by molar-refractivity contribution is 0.0951. The van der Waals surface area contributed by atoms with Crippen molar-refractivity contribution in [2.24, 2.45) is 0 Å². The maximum absolute atomic E-state index is 12.3. The van der Waals surface area contributed by atoms with Crippen LogP contribution in [-0.2, 0) is 0 Å². The number of hydrogen-bond acceptors (Lipinski definition) is 4. The topological polar surface area (TPSA) is 58.6 Å². The molecule has 1 heterocycles. The van der Waals surface area contributed by atoms with Crippen molar-refractivity contribution in [3.63, 3.8) is 0 Å². The summed E-state index contributed by atoms with van der Waals surface area (Å²) in [6, 6.07) is 9.40. The highest BCUT2D eigenvalue weighted by molar-refractivity contribution is 9.10. The molecule has 0 unspecified atom stereocenters. The van der Waals surface area contributed by atoms with Crippen molar-refractivity contribution in [3.8, 4) is 5.75 Å². The van der Waals surface area contributed by atoms with Crippen molar-refractivity contribution < 1.29 is 14.6 Å². The fourth-order valence-corrected chi connectivity index (χ4v) is 3.70. The Morgan fingerprint density at radius 1 is 1.39 bits per heavy atom. The molecule has 0 fully saturated rings. The van der Waals surface area contributed by atoms with E-state index >= 15 is 0 Å². The molecule has 1 atom stereocenters. The molecule has 0 bridgehead atoms. The van der Waals surface area contributed by atoms with Crippen LogP contribution in [0.4, 0.5) is 0 Å². The van der Waals surface area contributed by atoms with Crippen LogP contribution in [0.5, 0.6) is 5.75 Å². The van der Waals surface area contributed by atoms with Crippen LogP contribution in [0.15, 0.2) is 40.2 Å². The Morgan fingerprint density at radius 3 is 2.87 bits per heavy atom. The van der Waals surface area contributed by atoms with Gasteiger partial charge in [0.2, 0.25) is 0 Å². The van der Waals surface area contributed by atoms with Crippen LogP contribution in [0, 0.1) is 0 Å². The van der Waals surface area contributed by atoms with Gasteiger partial charge in [0, 0.05) is 22.5 Å². The molecule has 1 aromatic heterocycles. The van der Waals surface area contributed by atoms with Crippen LogP contribution < -0.4 is 10.1 Å². The Hall–Kier alpha value is -1.37. The van der Waals surface area contributed by atoms with E-state index in [9.17, 15) is 9.90 Å². The van der Waals surface area contributed by atoms with Crippen LogP contribution in [0.1, 0.15) is 34.0 Å². The SMILES string of the molecule is COc1ccc(Br)c(C(=O)NCC[C@@H](CCO)c2cccs2)c1. The van der Waals surface area contributed by atoms with E-state index in [1.54, 1.807) is 36.6 Å². The Morgan fingerprint density at radius 2 is 2.22 bits per heavy atom. The molecule has 124 valence electrons. The highest BCUT2D eigenvalue weighted by Crippen LogP contribution is 2.27. The molecule has 23 heavy (non-hydrogen) atoms. The monoisotopic (exact) mass is 397 g/mol. The van der Waals surface area contributed by atoms with Crippen molar-refractivity contribution in [1.29, 1.82) is 0 Å². The van der Waals surface area contributed by atoms with E-state index in [1.807, 2.05) is 11.4 Å². The number of carbonyl (C=O) groups excluding carboxylic acids is 1. The minimum atomic E-state index is -0.135. The summed E-state index contributed by atoms with van der Waals surface area (Å²) in [4.78, 5) is 13.6. The minimum absolute atomic E-state index is 0.135. The van der Waals surface area contributed by atoms with Crippen LogP contribution in [-0.4, -0.2) is 31.3 Å². The normalized spacial score (nSPS) is 12.0. The van der Waals surface area contributed by atoms with Gasteiger partial charge < -0.3 is 15.2 Å². The number of rotatable bonds is 8. The average molecular weight is 398 g/mol. The Kier molecular flexibility index (Phi) is 7.08. The fraction of sp³-hybridized carbons (Fsp3) is 0.353. The number of methoxy groups -OCH3 is 1. The third-order valence-corrected chi connectivity index (χ3v) is 5.35. The number of aliphatic hydroxyl groups excluding tert-OH is 1. The first-order valence-corrected chi connectivity index (χ1v) is 9.09. The van der Waals surface area contributed by atoms with Crippen molar-refractivity contribution in [2.45, 2.75) is 18.8 Å². The molecule has 0 saturated heterocycles. The van der Waals surface area contributed by atoms with Crippen molar-refractivity contribution >= 4 is 33.2 Å². The van der Waals surface area contributed by atoms with E-state index in [-0.39, 0.29) is 18.4 Å². The van der Waals surface area contributed by atoms with E-state index in [0.29, 0.717) is 24.3 Å². The van der Waals surface area contributed by atoms with Gasteiger partial charge in [0.1, 0.15) is 5.75 Å². The number of thiophene rings is 1. The molecule has 0 aliphatic rings. The Bertz CT molecular complexity index is 631. The smallest absolute Gasteiger partial charge is 0.252 e. The molecule has 0 aliphatic carbocycles. The maximum atomic E-state index is 12.3. The van der Waals surface area contributed by atoms with Crippen LogP contribution in [0.3, 0.4) is 0 Å². The molecule has 2 N–H and O–H groups in total. The highest BCUT2D eigenvalue weighted by atomic mass is 79.9. The van der Waals surface area contributed by atoms with Crippen molar-refractivity contribution in [1.82, 2.24) is 5.32 Å². The number of nitrogens with one attached hydrogen (secondary N) is 1. The summed E-state index contributed by atoms with van der Waals surface area (Å²) in [6.45, 7) is 0.711. The van der Waals surface area contributed by atoms with Gasteiger partial charge in [-0.2, -0.15) is 0 Å². The van der Waals surface area contributed by atoms with Crippen molar-refractivity contribution in [2.75, 3.05) is 20.3 Å². The van der Waals surface area contributed by atoms with Gasteiger partial charge in [-0.3, -0.25) is 4.79 Å². The van der Waals surface area contributed by atoms with E-state index in [4.69, 9.17) is 4.74 Å². The zero-order valence-electron chi connectivity index (χ0n) is 12.9. The second-order valence-corrected chi connectivity index (χ2v) is 6.95. The summed E-state index contributed by atoms with van der Waals surface area (Å²) in [6.07, 6.45) is 1.51. The highest BCUT2D eigenvalue weighted by Gasteiger charge is 2.14. The average Bonchev–Trinajstić information content (AvgIpc) is 3.08. The largest absolute Gasteiger partial charge is 0.497 e. The molecule has 1 aromatic carbocycles. The van der Waals surface area contributed by atoms with Crippen molar-refractivity contribution in [3.05, 3.63) is 50.6 Å². The Labute approximate surface area is 148 Å². The molecule has 4 nitrogen and oxygen atoms in total. The number of amides is 1. The first-order valence-electron chi connectivity index (χ1n) is 7.41. The number of benzene rings is 1. The molecule has 0 radical (unpaired) electrons. The number of ether oxygens (including phenoxy) is 1. The summed E-state index contributed by atoms with van der Waals surface area (Å²) in [7, 11) is 1.57. The zero-order chi connectivity index (χ0) is 16.7. The third kappa shape index (κ3) is 5.06. The second-order valence-electron chi connectivity index (χ2n) is 5.11. The van der Waals surface area contributed by atoms with E-state index in [0.717, 1.165) is 10.9 Å². The van der Waals surface area contributed by atoms with Gasteiger partial charge in [-0.25, -0.2) is 0 Å². The minimum Gasteiger partial charge on any atom is -0.497 e. The summed E-state index contributed by atoms with van der Waals surface area (Å²) in [5, 5.41) is 14.2. The predicted octanol–water partition coefficient (Wildman–Crippen LogP) is 3.81. The molecule has 0 spiro atoms. The van der Waals surface area contributed by atoms with Gasteiger partial charge in [0.05, 0.1) is 12.7 Å². The first-order chi connectivity index (χ1) is 11.2. The maximum Gasteiger partial charge on any atom is 0.252 e. The van der Waals surface area contributed by atoms with Gasteiger partial charge >= 0.3 is 0 Å². The Balaban J connectivity index is 1.93. The van der Waals surface area contributed by atoms with Gasteiger partial charge in [-0.1, -0.05) is 6.07 Å². The van der Waals surface area contributed by atoms with E-state index in [1.165, 1.54) is 4.88 Å². The molecule has 0 saturated carbocycles. The lowest BCUT2D eigenvalue weighted by Gasteiger charge is -2.15. The number of carbonyl (C=O) groups is 1. The molecular formula is C17H20BrNO3S. The molecule has 6 heteroatoms. The lowest BCUT2D eigenvalue weighted by atomic mass is 10.00. The van der Waals surface area contributed by atoms with E-state index < -0.39 is 0 Å². The number of halogens is 1. The second kappa shape index (κ2) is 9.05. The van der Waals surface area contributed by atoms with Crippen LogP contribution >= 0.6 is 27.3 Å². The molecular weight excluding hydrogens is 378 g/mol. The molecule has 1 amide bonds. The number of hydrogen-bond donors (Lipinski definition) is 2. The predicted molar refractivity (Wildman–Crippen MR) is 96.4 cm³/mol. The van der Waals surface area contributed by atoms with Crippen LogP contribution in [0.25, 0.3) is 0 Å². The third-order valence-electron chi connectivity index (χ3n) is 3.62. The van der Waals surface area contributed by atoms with Gasteiger partial charge in [0.25, 0.3) is 5.91 Å². The quantitative estimate of drug-likeness (QED) is 0.711. The van der Waals surface area contributed by atoms with E-state index in [2.05, 4.69) is 27.3 Å². The molecule has 0 aliphatic heterocycles. The van der Waals surface area contributed by atoms with Gasteiger partial charge in [0.15, 0.2) is 0 Å². The first kappa shape index (κ1) is 18.0. The molecule has 2 aromatic rings. The fourth-order valence-electron chi connectivity index (χ4n) is 2.37. The summed E-state index contributed by atoms with van der Waals surface area (Å²) in [5.74, 6) is 0.786. The lowest BCUT2D eigenvalue weighted by Crippen LogP contribution is -2.26. The van der Waals surface area contributed by atoms with Crippen LogP contribution in [0.2, 0.25) is 0 Å². The zero-order valence-corrected chi connectivity index (χ0v) is 15.3. The summed E-state index contributed by atoms with van der Waals surface area (Å²) >= 11 is 5.08. The molecule has 2 rings (SSSR count). The van der Waals surface area contributed by atoms with Gasteiger partial charge in [-0.05, 0) is 64.3 Å². The number of aliphatic hydroxyl groups is 1. The summed E-state index contributed by atoms with van der Waals surface area (Å²) < 4.78 is 5.89. The standard InChI is InChI=1S/C17H20BrNO3S/c1-22-13-4-5-15(18)14(11-13)17(21)19-8-6-12(7-9-20)16-3-2-10-23-16/h2-5,10-12,20H,6-9H2,1H3,(H,19,21)/t12-/m0/s1.